The van der Waals surface area contributed by atoms with Crippen molar-refractivity contribution in [2.75, 3.05) is 13.1 Å². The number of nitrogens with zero attached hydrogens (tertiary/aromatic N) is 1. The minimum atomic E-state index is -0.786. The molecular weight excluding hydrogens is 220 g/mol. The number of carbonyl (C=O) groups excluding carboxylic acids is 1. The average molecular weight is 244 g/mol. The highest BCUT2D eigenvalue weighted by molar-refractivity contribution is 5.74. The third kappa shape index (κ3) is 6.81. The molecule has 0 bridgehead atoms. The van der Waals surface area contributed by atoms with Crippen LogP contribution >= 0.6 is 0 Å². The summed E-state index contributed by atoms with van der Waals surface area (Å²) in [5.41, 5.74) is 0. The van der Waals surface area contributed by atoms with Gasteiger partial charge in [0.2, 0.25) is 0 Å². The minimum Gasteiger partial charge on any atom is -0.481 e. The zero-order chi connectivity index (χ0) is 13.3. The van der Waals surface area contributed by atoms with E-state index in [1.54, 1.807) is 4.90 Å². The standard InChI is InChI=1S/C12H24N2O3/c1-4-10(3)14(5-2)12(17)13-9-7-6-8-11(15)16/h10H,4-9H2,1-3H3,(H,13,17)(H,15,16). The summed E-state index contributed by atoms with van der Waals surface area (Å²) in [4.78, 5) is 23.8. The number of carboxylic acids is 1. The van der Waals surface area contributed by atoms with Crippen LogP contribution in [0.2, 0.25) is 0 Å². The van der Waals surface area contributed by atoms with Crippen molar-refractivity contribution >= 4 is 12.0 Å². The number of hydrogen-bond donors (Lipinski definition) is 2. The molecule has 0 aromatic heterocycles. The minimum absolute atomic E-state index is 0.0582. The van der Waals surface area contributed by atoms with E-state index in [1.807, 2.05) is 20.8 Å². The largest absolute Gasteiger partial charge is 0.481 e. The molecule has 0 fully saturated rings. The van der Waals surface area contributed by atoms with Gasteiger partial charge in [0.05, 0.1) is 0 Å². The maximum atomic E-state index is 11.8. The van der Waals surface area contributed by atoms with Crippen LogP contribution in [0.25, 0.3) is 0 Å². The molecule has 17 heavy (non-hydrogen) atoms. The van der Waals surface area contributed by atoms with Crippen LogP contribution < -0.4 is 5.32 Å². The van der Waals surface area contributed by atoms with E-state index in [0.29, 0.717) is 25.9 Å². The predicted molar refractivity (Wildman–Crippen MR) is 67.0 cm³/mol. The topological polar surface area (TPSA) is 69.6 Å². The molecule has 0 rings (SSSR count). The average Bonchev–Trinajstić information content (AvgIpc) is 2.28. The molecule has 0 aliphatic carbocycles. The summed E-state index contributed by atoms with van der Waals surface area (Å²) in [6.45, 7) is 7.26. The van der Waals surface area contributed by atoms with Gasteiger partial charge < -0.3 is 15.3 Å². The summed E-state index contributed by atoms with van der Waals surface area (Å²) < 4.78 is 0. The quantitative estimate of drug-likeness (QED) is 0.642. The SMILES string of the molecule is CCC(C)N(CC)C(=O)NCCCCC(=O)O. The fourth-order valence-corrected chi connectivity index (χ4v) is 1.57. The molecule has 0 aromatic carbocycles. The van der Waals surface area contributed by atoms with Gasteiger partial charge in [0, 0.05) is 25.6 Å². The number of amides is 2. The Kier molecular flexibility index (Phi) is 8.19. The van der Waals surface area contributed by atoms with Crippen molar-refractivity contribution in [1.29, 1.82) is 0 Å². The molecule has 5 heteroatoms. The lowest BCUT2D eigenvalue weighted by Crippen LogP contribution is -2.44. The first-order valence-electron chi connectivity index (χ1n) is 6.29. The Hall–Kier alpha value is -1.26. The normalized spacial score (nSPS) is 11.9. The van der Waals surface area contributed by atoms with Crippen LogP contribution in [0.1, 0.15) is 46.5 Å². The van der Waals surface area contributed by atoms with Crippen LogP contribution in [0.15, 0.2) is 0 Å². The molecule has 100 valence electrons. The molecule has 1 atom stereocenters. The Morgan fingerprint density at radius 2 is 1.94 bits per heavy atom. The predicted octanol–water partition coefficient (Wildman–Crippen LogP) is 2.07. The highest BCUT2D eigenvalue weighted by Gasteiger charge is 2.15. The smallest absolute Gasteiger partial charge is 0.317 e. The molecule has 0 spiro atoms. The van der Waals surface area contributed by atoms with Gasteiger partial charge in [-0.3, -0.25) is 4.79 Å². The van der Waals surface area contributed by atoms with Crippen LogP contribution in [-0.4, -0.2) is 41.1 Å². The number of urea groups is 1. The maximum Gasteiger partial charge on any atom is 0.317 e. The van der Waals surface area contributed by atoms with Crippen molar-refractivity contribution in [3.63, 3.8) is 0 Å². The lowest BCUT2D eigenvalue weighted by Gasteiger charge is -2.27. The van der Waals surface area contributed by atoms with Gasteiger partial charge in [0.1, 0.15) is 0 Å². The number of aliphatic carboxylic acids is 1. The second kappa shape index (κ2) is 8.84. The van der Waals surface area contributed by atoms with Crippen molar-refractivity contribution in [3.05, 3.63) is 0 Å². The second-order valence-corrected chi connectivity index (χ2v) is 4.13. The van der Waals surface area contributed by atoms with Crippen molar-refractivity contribution in [1.82, 2.24) is 10.2 Å². The third-order valence-electron chi connectivity index (χ3n) is 2.82. The van der Waals surface area contributed by atoms with E-state index < -0.39 is 5.97 Å². The molecule has 0 heterocycles. The van der Waals surface area contributed by atoms with Gasteiger partial charge in [0.15, 0.2) is 0 Å². The molecular formula is C12H24N2O3. The summed E-state index contributed by atoms with van der Waals surface area (Å²) in [7, 11) is 0. The Morgan fingerprint density at radius 1 is 1.29 bits per heavy atom. The van der Waals surface area contributed by atoms with Crippen LogP contribution in [0.5, 0.6) is 0 Å². The zero-order valence-electron chi connectivity index (χ0n) is 11.0. The van der Waals surface area contributed by atoms with E-state index >= 15 is 0 Å². The maximum absolute atomic E-state index is 11.8. The van der Waals surface area contributed by atoms with E-state index in [4.69, 9.17) is 5.11 Å². The monoisotopic (exact) mass is 244 g/mol. The van der Waals surface area contributed by atoms with Gasteiger partial charge in [-0.05, 0) is 33.1 Å². The Balaban J connectivity index is 3.79. The Morgan fingerprint density at radius 3 is 2.41 bits per heavy atom. The van der Waals surface area contributed by atoms with E-state index in [-0.39, 0.29) is 18.5 Å². The van der Waals surface area contributed by atoms with Gasteiger partial charge >= 0.3 is 12.0 Å². The first-order chi connectivity index (χ1) is 8.02. The van der Waals surface area contributed by atoms with E-state index in [9.17, 15) is 9.59 Å². The second-order valence-electron chi connectivity index (χ2n) is 4.13. The fourth-order valence-electron chi connectivity index (χ4n) is 1.57. The molecule has 0 saturated carbocycles. The lowest BCUT2D eigenvalue weighted by molar-refractivity contribution is -0.137. The van der Waals surface area contributed by atoms with E-state index in [1.165, 1.54) is 0 Å². The van der Waals surface area contributed by atoms with E-state index in [0.717, 1.165) is 6.42 Å². The summed E-state index contributed by atoms with van der Waals surface area (Å²) in [5, 5.41) is 11.3. The van der Waals surface area contributed by atoms with Gasteiger partial charge in [0.25, 0.3) is 0 Å². The van der Waals surface area contributed by atoms with Crippen LogP contribution in [-0.2, 0) is 4.79 Å². The van der Waals surface area contributed by atoms with Crippen molar-refractivity contribution in [2.24, 2.45) is 0 Å². The first-order valence-corrected chi connectivity index (χ1v) is 6.29. The highest BCUT2D eigenvalue weighted by Crippen LogP contribution is 2.03. The molecule has 0 aliphatic rings. The number of rotatable bonds is 8. The van der Waals surface area contributed by atoms with Crippen molar-refractivity contribution < 1.29 is 14.7 Å². The van der Waals surface area contributed by atoms with Crippen LogP contribution in [0, 0.1) is 0 Å². The molecule has 0 saturated heterocycles. The van der Waals surface area contributed by atoms with E-state index in [2.05, 4.69) is 5.32 Å². The molecule has 5 nitrogen and oxygen atoms in total. The number of unbranched alkanes of at least 4 members (excludes halogenated alkanes) is 1. The molecule has 0 radical (unpaired) electrons. The summed E-state index contributed by atoms with van der Waals surface area (Å²) in [6, 6.07) is 0.177. The van der Waals surface area contributed by atoms with Gasteiger partial charge in [-0.25, -0.2) is 4.79 Å². The van der Waals surface area contributed by atoms with Crippen LogP contribution in [0.4, 0.5) is 4.79 Å². The molecule has 1 unspecified atom stereocenters. The summed E-state index contributed by atoms with van der Waals surface area (Å²) in [5.74, 6) is -0.786. The van der Waals surface area contributed by atoms with Crippen molar-refractivity contribution in [2.45, 2.75) is 52.5 Å². The molecule has 0 aliphatic heterocycles. The Bertz CT molecular complexity index is 244. The number of carboxylic acid groups (broad SMARTS) is 1. The van der Waals surface area contributed by atoms with Gasteiger partial charge in [-0.1, -0.05) is 6.92 Å². The molecule has 2 N–H and O–H groups in total. The third-order valence-corrected chi connectivity index (χ3v) is 2.82. The Labute approximate surface area is 103 Å². The molecule has 2 amide bonds. The zero-order valence-corrected chi connectivity index (χ0v) is 11.0. The number of nitrogens with one attached hydrogen (secondary N) is 1. The summed E-state index contributed by atoms with van der Waals surface area (Å²) in [6.07, 6.45) is 2.40. The fraction of sp³-hybridized carbons (Fsp3) is 0.833. The first kappa shape index (κ1) is 15.7. The number of hydrogen-bond acceptors (Lipinski definition) is 2. The van der Waals surface area contributed by atoms with Crippen molar-refractivity contribution in [3.8, 4) is 0 Å². The highest BCUT2D eigenvalue weighted by atomic mass is 16.4. The number of carbonyl (C=O) groups is 2. The van der Waals surface area contributed by atoms with Crippen LogP contribution in [0.3, 0.4) is 0 Å². The summed E-state index contributed by atoms with van der Waals surface area (Å²) >= 11 is 0. The molecule has 0 aromatic rings. The van der Waals surface area contributed by atoms with Gasteiger partial charge in [-0.15, -0.1) is 0 Å². The lowest BCUT2D eigenvalue weighted by atomic mass is 10.2. The van der Waals surface area contributed by atoms with Gasteiger partial charge in [-0.2, -0.15) is 0 Å².